The lowest BCUT2D eigenvalue weighted by atomic mass is 10.1. The molecule has 0 aromatic heterocycles. The number of rotatable bonds is 7. The van der Waals surface area contributed by atoms with Crippen molar-refractivity contribution in [3.63, 3.8) is 0 Å². The van der Waals surface area contributed by atoms with Crippen molar-refractivity contribution in [1.82, 2.24) is 0 Å². The highest BCUT2D eigenvalue weighted by molar-refractivity contribution is 5.91. The smallest absolute Gasteiger partial charge is 0.310 e. The Balaban J connectivity index is 1.91. The molecule has 0 saturated heterocycles. The second-order valence-electron chi connectivity index (χ2n) is 5.01. The molecule has 6 heteroatoms. The summed E-state index contributed by atoms with van der Waals surface area (Å²) < 4.78 is 5.24. The van der Waals surface area contributed by atoms with E-state index in [0.717, 1.165) is 12.8 Å². The second kappa shape index (κ2) is 7.93. The zero-order valence-corrected chi connectivity index (χ0v) is 12.8. The molecule has 6 nitrogen and oxygen atoms in total. The number of hydrogen-bond acceptors (Lipinski definition) is 4. The van der Waals surface area contributed by atoms with Crippen molar-refractivity contribution in [3.8, 4) is 5.75 Å². The molecule has 0 spiro atoms. The average molecular weight is 314 g/mol. The Hall–Kier alpha value is -2.89. The van der Waals surface area contributed by atoms with Crippen molar-refractivity contribution in [2.24, 2.45) is 0 Å². The van der Waals surface area contributed by atoms with E-state index in [-0.39, 0.29) is 24.0 Å². The van der Waals surface area contributed by atoms with Crippen LogP contribution in [0, 0.1) is 10.1 Å². The van der Waals surface area contributed by atoms with Gasteiger partial charge in [-0.1, -0.05) is 37.6 Å². The fourth-order valence-electron chi connectivity index (χ4n) is 2.11. The van der Waals surface area contributed by atoms with E-state index < -0.39 is 4.92 Å². The van der Waals surface area contributed by atoms with Crippen LogP contribution in [0.3, 0.4) is 0 Å². The lowest BCUT2D eigenvalue weighted by Crippen LogP contribution is -2.20. The third-order valence-corrected chi connectivity index (χ3v) is 3.20. The number of ether oxygens (including phenoxy) is 1. The van der Waals surface area contributed by atoms with Crippen LogP contribution in [0.1, 0.15) is 18.9 Å². The lowest BCUT2D eigenvalue weighted by Gasteiger charge is -2.08. The van der Waals surface area contributed by atoms with Gasteiger partial charge in [0.1, 0.15) is 0 Å². The first-order valence-corrected chi connectivity index (χ1v) is 7.35. The summed E-state index contributed by atoms with van der Waals surface area (Å²) >= 11 is 0. The van der Waals surface area contributed by atoms with E-state index >= 15 is 0 Å². The van der Waals surface area contributed by atoms with Gasteiger partial charge in [-0.2, -0.15) is 0 Å². The number of amides is 1. The molecule has 2 rings (SSSR count). The molecular weight excluding hydrogens is 296 g/mol. The average Bonchev–Trinajstić information content (AvgIpc) is 2.55. The molecule has 0 aliphatic rings. The summed E-state index contributed by atoms with van der Waals surface area (Å²) in [4.78, 5) is 22.2. The summed E-state index contributed by atoms with van der Waals surface area (Å²) in [6.45, 7) is 1.82. The molecule has 0 aliphatic carbocycles. The summed E-state index contributed by atoms with van der Waals surface area (Å²) in [7, 11) is 0. The van der Waals surface area contributed by atoms with Crippen molar-refractivity contribution in [2.45, 2.75) is 19.8 Å². The molecule has 0 fully saturated rings. The fraction of sp³-hybridized carbons (Fsp3) is 0.235. The number of carbonyl (C=O) groups is 1. The molecule has 0 saturated carbocycles. The number of hydrogen-bond donors (Lipinski definition) is 1. The number of nitrogens with one attached hydrogen (secondary N) is 1. The summed E-state index contributed by atoms with van der Waals surface area (Å²) in [6.07, 6.45) is 2.06. The number of aryl methyl sites for hydroxylation is 1. The largest absolute Gasteiger partial charge is 0.477 e. The van der Waals surface area contributed by atoms with Crippen molar-refractivity contribution in [2.75, 3.05) is 11.9 Å². The highest BCUT2D eigenvalue weighted by atomic mass is 16.6. The topological polar surface area (TPSA) is 81.5 Å². The van der Waals surface area contributed by atoms with Gasteiger partial charge in [-0.3, -0.25) is 14.9 Å². The summed E-state index contributed by atoms with van der Waals surface area (Å²) in [5.41, 5.74) is 1.71. The molecule has 0 aliphatic heterocycles. The number of nitro benzene ring substituents is 1. The van der Waals surface area contributed by atoms with Gasteiger partial charge < -0.3 is 10.1 Å². The number of anilines is 1. The molecule has 0 atom stereocenters. The predicted molar refractivity (Wildman–Crippen MR) is 87.7 cm³/mol. The maximum atomic E-state index is 11.9. The van der Waals surface area contributed by atoms with Gasteiger partial charge in [-0.25, -0.2) is 0 Å². The Bertz CT molecular complexity index is 683. The van der Waals surface area contributed by atoms with E-state index in [9.17, 15) is 14.9 Å². The van der Waals surface area contributed by atoms with Gasteiger partial charge in [0.2, 0.25) is 0 Å². The van der Waals surface area contributed by atoms with Crippen LogP contribution in [0.2, 0.25) is 0 Å². The minimum Gasteiger partial charge on any atom is -0.477 e. The van der Waals surface area contributed by atoms with Crippen LogP contribution >= 0.6 is 0 Å². The Kier molecular flexibility index (Phi) is 5.68. The summed E-state index contributed by atoms with van der Waals surface area (Å²) in [6, 6.07) is 13.5. The second-order valence-corrected chi connectivity index (χ2v) is 5.01. The van der Waals surface area contributed by atoms with Crippen LogP contribution in [-0.2, 0) is 11.2 Å². The molecule has 0 heterocycles. The Morgan fingerprint density at radius 2 is 1.87 bits per heavy atom. The molecule has 120 valence electrons. The van der Waals surface area contributed by atoms with Crippen LogP contribution in [0.25, 0.3) is 0 Å². The van der Waals surface area contributed by atoms with Gasteiger partial charge in [0, 0.05) is 11.8 Å². The maximum Gasteiger partial charge on any atom is 0.310 e. The first-order valence-electron chi connectivity index (χ1n) is 7.35. The van der Waals surface area contributed by atoms with E-state index in [4.69, 9.17) is 4.74 Å². The molecule has 0 unspecified atom stereocenters. The zero-order valence-electron chi connectivity index (χ0n) is 12.8. The number of para-hydroxylation sites is 2. The normalized spacial score (nSPS) is 10.1. The van der Waals surface area contributed by atoms with E-state index in [2.05, 4.69) is 12.2 Å². The molecule has 2 aromatic rings. The van der Waals surface area contributed by atoms with Gasteiger partial charge in [0.15, 0.2) is 12.4 Å². The fourth-order valence-corrected chi connectivity index (χ4v) is 2.11. The standard InChI is InChI=1S/C17H18N2O4/c1-2-5-13-8-10-14(11-9-13)18-17(20)12-23-16-7-4-3-6-15(16)19(21)22/h3-4,6-11H,2,5,12H2,1H3,(H,18,20). The van der Waals surface area contributed by atoms with E-state index in [1.807, 2.05) is 24.3 Å². The lowest BCUT2D eigenvalue weighted by molar-refractivity contribution is -0.385. The third-order valence-electron chi connectivity index (χ3n) is 3.20. The SMILES string of the molecule is CCCc1ccc(NC(=O)COc2ccccc2[N+](=O)[O-])cc1. The van der Waals surface area contributed by atoms with Gasteiger partial charge in [-0.15, -0.1) is 0 Å². The van der Waals surface area contributed by atoms with Crippen LogP contribution < -0.4 is 10.1 Å². The predicted octanol–water partition coefficient (Wildman–Crippen LogP) is 3.56. The minimum absolute atomic E-state index is 0.0749. The number of benzene rings is 2. The molecular formula is C17H18N2O4. The molecule has 0 radical (unpaired) electrons. The number of carbonyl (C=O) groups excluding carboxylic acids is 1. The summed E-state index contributed by atoms with van der Waals surface area (Å²) in [5.74, 6) is -0.294. The van der Waals surface area contributed by atoms with E-state index in [0.29, 0.717) is 5.69 Å². The molecule has 1 N–H and O–H groups in total. The number of nitrogens with zero attached hydrogens (tertiary/aromatic N) is 1. The first-order chi connectivity index (χ1) is 11.1. The van der Waals surface area contributed by atoms with Crippen LogP contribution in [0.15, 0.2) is 48.5 Å². The highest BCUT2D eigenvalue weighted by Gasteiger charge is 2.14. The first kappa shape index (κ1) is 16.5. The maximum absolute atomic E-state index is 11.9. The van der Waals surface area contributed by atoms with Gasteiger partial charge in [-0.05, 0) is 30.2 Å². The van der Waals surface area contributed by atoms with Crippen molar-refractivity contribution in [3.05, 3.63) is 64.2 Å². The van der Waals surface area contributed by atoms with Gasteiger partial charge in [0.05, 0.1) is 4.92 Å². The van der Waals surface area contributed by atoms with E-state index in [1.165, 1.54) is 17.7 Å². The van der Waals surface area contributed by atoms with Crippen molar-refractivity contribution >= 4 is 17.3 Å². The monoisotopic (exact) mass is 314 g/mol. The Labute approximate surface area is 134 Å². The van der Waals surface area contributed by atoms with Crippen molar-refractivity contribution < 1.29 is 14.5 Å². The molecule has 0 bridgehead atoms. The van der Waals surface area contributed by atoms with E-state index in [1.54, 1.807) is 12.1 Å². The molecule has 1 amide bonds. The summed E-state index contributed by atoms with van der Waals surface area (Å²) in [5, 5.41) is 13.6. The van der Waals surface area contributed by atoms with Crippen molar-refractivity contribution in [1.29, 1.82) is 0 Å². The third kappa shape index (κ3) is 4.81. The molecule has 2 aromatic carbocycles. The molecule has 23 heavy (non-hydrogen) atoms. The van der Waals surface area contributed by atoms with Gasteiger partial charge in [0.25, 0.3) is 5.91 Å². The Morgan fingerprint density at radius 1 is 1.17 bits per heavy atom. The van der Waals surface area contributed by atoms with Crippen LogP contribution in [0.5, 0.6) is 5.75 Å². The quantitative estimate of drug-likeness (QED) is 0.625. The Morgan fingerprint density at radius 3 is 2.52 bits per heavy atom. The minimum atomic E-state index is -0.542. The van der Waals surface area contributed by atoms with Gasteiger partial charge >= 0.3 is 5.69 Å². The highest BCUT2D eigenvalue weighted by Crippen LogP contribution is 2.25. The van der Waals surface area contributed by atoms with Crippen LogP contribution in [0.4, 0.5) is 11.4 Å². The van der Waals surface area contributed by atoms with Crippen LogP contribution in [-0.4, -0.2) is 17.4 Å². The zero-order chi connectivity index (χ0) is 16.7. The number of nitro groups is 1.